The number of primary amides is 2. The molecule has 0 saturated heterocycles. The monoisotopic (exact) mass is 942 g/mol. The van der Waals surface area contributed by atoms with Crippen LogP contribution in [-0.4, -0.2) is 79.3 Å². The molecule has 4 aromatic carbocycles. The Morgan fingerprint density at radius 1 is 0.543 bits per heavy atom. The molecule has 16 nitrogen and oxygen atoms in total. The van der Waals surface area contributed by atoms with E-state index in [4.69, 9.17) is 30.8 Å². The van der Waals surface area contributed by atoms with Crippen molar-refractivity contribution in [3.8, 4) is 34.0 Å². The van der Waals surface area contributed by atoms with Crippen LogP contribution in [0.15, 0.2) is 134 Å². The van der Waals surface area contributed by atoms with Gasteiger partial charge in [0.05, 0.1) is 39.5 Å². The smallest absolute Gasteiger partial charge is 0.344 e. The summed E-state index contributed by atoms with van der Waals surface area (Å²) in [4.78, 5) is 81.2. The Morgan fingerprint density at radius 2 is 0.943 bits per heavy atom. The molecular weight excluding hydrogens is 893 g/mol. The van der Waals surface area contributed by atoms with Crippen LogP contribution in [-0.2, 0) is 49.8 Å². The van der Waals surface area contributed by atoms with E-state index in [1.54, 1.807) is 25.3 Å². The molecule has 0 saturated carbocycles. The minimum Gasteiger partial charge on any atom is -0.479 e. The summed E-state index contributed by atoms with van der Waals surface area (Å²) < 4.78 is 19.9. The van der Waals surface area contributed by atoms with E-state index < -0.39 is 41.9 Å². The van der Waals surface area contributed by atoms with Gasteiger partial charge in [-0.1, -0.05) is 123 Å². The third-order valence-corrected chi connectivity index (χ3v) is 11.5. The van der Waals surface area contributed by atoms with Crippen molar-refractivity contribution in [1.29, 1.82) is 0 Å². The van der Waals surface area contributed by atoms with Gasteiger partial charge in [0.15, 0.2) is 13.2 Å². The summed E-state index contributed by atoms with van der Waals surface area (Å²) in [5.74, 6) is -5.60. The van der Waals surface area contributed by atoms with Crippen molar-refractivity contribution in [3.63, 3.8) is 0 Å². The zero-order valence-electron chi connectivity index (χ0n) is 38.7. The lowest BCUT2D eigenvalue weighted by Crippen LogP contribution is -2.24. The number of rotatable bonds is 19. The zero-order chi connectivity index (χ0) is 49.9. The number of nitrogens with two attached hydrogens (primary N) is 2. The maximum atomic E-state index is 13.0. The molecule has 4 aromatic heterocycles. The standard InChI is InChI=1S/C28H27N3O5.C26H23N3O5/c1-3-21-24(26(33)27(29)34)25-22(14-15-30-28(25)36-17-23(32)35-4-2)31(21)16-19-12-8-9-13-20(19)18-10-6-5-7-11-18;1-2-19-22(24(32)25(27)33)23-20(12-13-28-26(23)34-15-21(30)31)29(19)14-17-10-6-7-11-18(17)16-8-4-3-5-9-16/h5-15H,3-4,16-17H2,1-2H3,(H2,29,34);3-13H,2,14-15H2,1H3,(H2,27,33)(H,30,31). The van der Waals surface area contributed by atoms with Crippen molar-refractivity contribution in [2.45, 2.75) is 46.7 Å². The Hall–Kier alpha value is -8.92. The van der Waals surface area contributed by atoms with Gasteiger partial charge < -0.3 is 39.9 Å². The number of carbonyl (C=O) groups excluding carboxylic acids is 5. The van der Waals surface area contributed by atoms with Crippen molar-refractivity contribution in [2.75, 3.05) is 19.8 Å². The number of esters is 1. The van der Waals surface area contributed by atoms with E-state index >= 15 is 0 Å². The first kappa shape index (κ1) is 49.0. The fourth-order valence-electron chi connectivity index (χ4n) is 8.60. The Kier molecular flexibility index (Phi) is 15.6. The van der Waals surface area contributed by atoms with Gasteiger partial charge in [-0.25, -0.2) is 19.6 Å². The summed E-state index contributed by atoms with van der Waals surface area (Å²) in [5.41, 5.74) is 19.7. The van der Waals surface area contributed by atoms with Crippen molar-refractivity contribution < 1.29 is 48.1 Å². The molecule has 8 aromatic rings. The molecule has 0 aliphatic rings. The van der Waals surface area contributed by atoms with E-state index in [0.29, 0.717) is 53.7 Å². The van der Waals surface area contributed by atoms with Gasteiger partial charge in [-0.2, -0.15) is 0 Å². The topological polar surface area (TPSA) is 238 Å². The highest BCUT2D eigenvalue weighted by atomic mass is 16.6. The van der Waals surface area contributed by atoms with E-state index in [1.807, 2.05) is 132 Å². The number of fused-ring (bicyclic) bond motifs is 2. The van der Waals surface area contributed by atoms with Gasteiger partial charge in [0.1, 0.15) is 0 Å². The number of aliphatic carboxylic acids is 1. The highest BCUT2D eigenvalue weighted by Crippen LogP contribution is 2.37. The predicted octanol–water partition coefficient (Wildman–Crippen LogP) is 7.37. The van der Waals surface area contributed by atoms with Gasteiger partial charge in [-0.15, -0.1) is 0 Å². The van der Waals surface area contributed by atoms with Gasteiger partial charge in [0, 0.05) is 36.9 Å². The molecule has 0 aliphatic heterocycles. The number of ketones is 2. The first-order valence-electron chi connectivity index (χ1n) is 22.5. The number of carboxylic acids is 1. The highest BCUT2D eigenvalue weighted by molar-refractivity contribution is 6.45. The number of nitrogens with zero attached hydrogens (tertiary/aromatic N) is 4. The molecule has 0 radical (unpaired) electrons. The normalized spacial score (nSPS) is 10.8. The van der Waals surface area contributed by atoms with Gasteiger partial charge in [0.2, 0.25) is 11.8 Å². The van der Waals surface area contributed by atoms with Crippen LogP contribution in [0.1, 0.15) is 64.0 Å². The molecule has 0 fully saturated rings. The SMILES string of the molecule is CCOC(=O)COc1nccc2c1c(C(=O)C(N)=O)c(CC)n2Cc1ccccc1-c1ccccc1.CCc1c(C(=O)C(N)=O)c2c(OCC(=O)O)nccc2n1Cc1ccccc1-c1ccccc1. The molecular formula is C54H50N6O10. The predicted molar refractivity (Wildman–Crippen MR) is 262 cm³/mol. The number of ether oxygens (including phenoxy) is 3. The molecule has 0 spiro atoms. The highest BCUT2D eigenvalue weighted by Gasteiger charge is 2.30. The molecule has 5 N–H and O–H groups in total. The maximum Gasteiger partial charge on any atom is 0.344 e. The Bertz CT molecular complexity index is 3250. The molecule has 16 heteroatoms. The lowest BCUT2D eigenvalue weighted by Gasteiger charge is -2.14. The molecule has 8 rings (SSSR count). The fourth-order valence-corrected chi connectivity index (χ4v) is 8.60. The van der Waals surface area contributed by atoms with E-state index in [2.05, 4.69) is 9.97 Å². The Morgan fingerprint density at radius 3 is 1.33 bits per heavy atom. The number of hydrogen-bond acceptors (Lipinski definition) is 11. The minimum absolute atomic E-state index is 0.0331. The first-order valence-corrected chi connectivity index (χ1v) is 22.5. The number of amides is 2. The summed E-state index contributed by atoms with van der Waals surface area (Å²) in [6.07, 6.45) is 3.90. The summed E-state index contributed by atoms with van der Waals surface area (Å²) in [6.45, 7) is 5.49. The van der Waals surface area contributed by atoms with Crippen LogP contribution in [0, 0.1) is 0 Å². The molecule has 2 amide bonds. The van der Waals surface area contributed by atoms with Crippen LogP contribution in [0.3, 0.4) is 0 Å². The Balaban J connectivity index is 0.000000207. The maximum absolute atomic E-state index is 13.0. The van der Waals surface area contributed by atoms with Crippen LogP contribution in [0.25, 0.3) is 44.1 Å². The van der Waals surface area contributed by atoms with Crippen molar-refractivity contribution in [2.24, 2.45) is 11.5 Å². The number of hydrogen-bond donors (Lipinski definition) is 3. The third kappa shape index (κ3) is 10.5. The average molecular weight is 943 g/mol. The lowest BCUT2D eigenvalue weighted by molar-refractivity contribution is -0.145. The molecule has 0 aliphatic carbocycles. The summed E-state index contributed by atoms with van der Waals surface area (Å²) in [7, 11) is 0. The Labute approximate surface area is 402 Å². The van der Waals surface area contributed by atoms with Gasteiger partial charge >= 0.3 is 11.9 Å². The van der Waals surface area contributed by atoms with Crippen LogP contribution in [0.4, 0.5) is 0 Å². The first-order chi connectivity index (χ1) is 33.9. The van der Waals surface area contributed by atoms with E-state index in [-0.39, 0.29) is 41.5 Å². The lowest BCUT2D eigenvalue weighted by atomic mass is 9.99. The third-order valence-electron chi connectivity index (χ3n) is 11.5. The van der Waals surface area contributed by atoms with E-state index in [0.717, 1.165) is 33.4 Å². The fraction of sp³-hybridized carbons (Fsp3) is 0.185. The van der Waals surface area contributed by atoms with Crippen molar-refractivity contribution in [3.05, 3.63) is 167 Å². The average Bonchev–Trinajstić information content (AvgIpc) is 3.87. The second-order valence-electron chi connectivity index (χ2n) is 15.8. The van der Waals surface area contributed by atoms with Crippen LogP contribution >= 0.6 is 0 Å². The van der Waals surface area contributed by atoms with Gasteiger partial charge in [0.25, 0.3) is 23.4 Å². The number of carboxylic acid groups (broad SMARTS) is 1. The second-order valence-corrected chi connectivity index (χ2v) is 15.8. The van der Waals surface area contributed by atoms with Crippen LogP contribution < -0.4 is 20.9 Å². The number of pyridine rings is 2. The summed E-state index contributed by atoms with van der Waals surface area (Å²) in [5, 5.41) is 9.68. The minimum atomic E-state index is -1.19. The second kappa shape index (κ2) is 22.3. The number of benzene rings is 4. The molecule has 70 heavy (non-hydrogen) atoms. The molecule has 356 valence electrons. The molecule has 0 unspecified atom stereocenters. The largest absolute Gasteiger partial charge is 0.479 e. The summed E-state index contributed by atoms with van der Waals surface area (Å²) >= 11 is 0. The number of aromatic nitrogens is 4. The van der Waals surface area contributed by atoms with Crippen molar-refractivity contribution >= 4 is 57.1 Å². The number of carbonyl (C=O) groups is 6. The molecule has 0 bridgehead atoms. The van der Waals surface area contributed by atoms with Gasteiger partial charge in [-0.05, 0) is 65.3 Å². The molecule has 4 heterocycles. The van der Waals surface area contributed by atoms with E-state index in [1.165, 1.54) is 6.20 Å². The van der Waals surface area contributed by atoms with Crippen LogP contribution in [0.2, 0.25) is 0 Å². The molecule has 0 atom stereocenters. The van der Waals surface area contributed by atoms with Crippen LogP contribution in [0.5, 0.6) is 11.8 Å². The quantitative estimate of drug-likeness (QED) is 0.0409. The van der Waals surface area contributed by atoms with Gasteiger partial charge in [-0.3, -0.25) is 19.2 Å². The van der Waals surface area contributed by atoms with Crippen molar-refractivity contribution in [1.82, 2.24) is 19.1 Å². The van der Waals surface area contributed by atoms with E-state index in [9.17, 15) is 28.8 Å². The zero-order valence-corrected chi connectivity index (χ0v) is 38.7. The number of Topliss-reactive ketones (excluding diaryl/α,β-unsaturated/α-hetero) is 2. The summed E-state index contributed by atoms with van der Waals surface area (Å²) in [6, 6.07) is 39.4.